The molecule has 0 spiro atoms. The van der Waals surface area contributed by atoms with Crippen LogP contribution in [0.4, 0.5) is 0 Å². The largest absolute Gasteiger partial charge is 0.392 e. The van der Waals surface area contributed by atoms with Crippen LogP contribution in [0.2, 0.25) is 10.0 Å². The molecule has 1 nitrogen and oxygen atoms in total. The zero-order valence-corrected chi connectivity index (χ0v) is 11.9. The first-order valence-electron chi connectivity index (χ1n) is 5.46. The van der Waals surface area contributed by atoms with Crippen LogP contribution in [0.5, 0.6) is 0 Å². The normalized spacial score (nSPS) is 10.6. The fourth-order valence-corrected chi connectivity index (χ4v) is 3.09. The minimum absolute atomic E-state index is 0.00348. The van der Waals surface area contributed by atoms with Gasteiger partial charge < -0.3 is 5.11 Å². The van der Waals surface area contributed by atoms with Crippen molar-refractivity contribution in [2.24, 2.45) is 0 Å². The first-order valence-corrected chi connectivity index (χ1v) is 7.20. The molecule has 0 unspecified atom stereocenters. The van der Waals surface area contributed by atoms with Gasteiger partial charge in [0.25, 0.3) is 0 Å². The Morgan fingerprint density at radius 2 is 1.72 bits per heavy atom. The van der Waals surface area contributed by atoms with E-state index in [2.05, 4.69) is 0 Å². The third-order valence-electron chi connectivity index (χ3n) is 2.52. The molecule has 94 valence electrons. The van der Waals surface area contributed by atoms with Gasteiger partial charge in [0, 0.05) is 15.7 Å². The van der Waals surface area contributed by atoms with Gasteiger partial charge in [0.15, 0.2) is 0 Å². The highest BCUT2D eigenvalue weighted by Crippen LogP contribution is 2.33. The molecule has 0 atom stereocenters. The molecular weight excluding hydrogens is 287 g/mol. The van der Waals surface area contributed by atoms with Crippen molar-refractivity contribution in [3.05, 3.63) is 63.6 Å². The number of aliphatic hydroxyl groups excluding tert-OH is 1. The Labute approximate surface area is 121 Å². The standard InChI is InChI=1S/C14H12Cl2OS/c15-12-6-4-10(5-7-12)9-18-14-11(8-17)2-1-3-13(14)16/h1-7,17H,8-9H2. The number of rotatable bonds is 4. The molecule has 0 aliphatic heterocycles. The van der Waals surface area contributed by atoms with Crippen LogP contribution in [0.25, 0.3) is 0 Å². The molecule has 2 rings (SSSR count). The van der Waals surface area contributed by atoms with E-state index < -0.39 is 0 Å². The van der Waals surface area contributed by atoms with Gasteiger partial charge in [-0.05, 0) is 29.3 Å². The van der Waals surface area contributed by atoms with Crippen molar-refractivity contribution in [2.45, 2.75) is 17.3 Å². The molecule has 0 radical (unpaired) electrons. The Hall–Kier alpha value is -0.670. The minimum atomic E-state index is 0.00348. The number of hydrogen-bond donors (Lipinski definition) is 1. The van der Waals surface area contributed by atoms with E-state index in [1.54, 1.807) is 11.8 Å². The van der Waals surface area contributed by atoms with Crippen molar-refractivity contribution >= 4 is 35.0 Å². The third-order valence-corrected chi connectivity index (χ3v) is 4.44. The first-order chi connectivity index (χ1) is 8.70. The van der Waals surface area contributed by atoms with Crippen LogP contribution in [-0.4, -0.2) is 5.11 Å². The Balaban J connectivity index is 2.12. The molecule has 2 aromatic rings. The maximum Gasteiger partial charge on any atom is 0.0693 e. The van der Waals surface area contributed by atoms with E-state index in [1.807, 2.05) is 42.5 Å². The van der Waals surface area contributed by atoms with Crippen LogP contribution < -0.4 is 0 Å². The summed E-state index contributed by atoms with van der Waals surface area (Å²) in [6.45, 7) is 0.00348. The summed E-state index contributed by atoms with van der Waals surface area (Å²) < 4.78 is 0. The SMILES string of the molecule is OCc1cccc(Cl)c1SCc1ccc(Cl)cc1. The maximum absolute atomic E-state index is 9.29. The fourth-order valence-electron chi connectivity index (χ4n) is 1.58. The molecule has 0 bridgehead atoms. The zero-order chi connectivity index (χ0) is 13.0. The van der Waals surface area contributed by atoms with E-state index in [1.165, 1.54) is 5.56 Å². The molecule has 0 aromatic heterocycles. The van der Waals surface area contributed by atoms with E-state index in [9.17, 15) is 5.11 Å². The predicted octanol–water partition coefficient (Wildman–Crippen LogP) is 4.78. The molecule has 1 N–H and O–H groups in total. The molecule has 0 aliphatic rings. The van der Waals surface area contributed by atoms with Gasteiger partial charge in [0.2, 0.25) is 0 Å². The van der Waals surface area contributed by atoms with Crippen LogP contribution in [0.15, 0.2) is 47.4 Å². The average Bonchev–Trinajstić information content (AvgIpc) is 2.39. The number of hydrogen-bond acceptors (Lipinski definition) is 2. The van der Waals surface area contributed by atoms with E-state index in [-0.39, 0.29) is 6.61 Å². The lowest BCUT2D eigenvalue weighted by Gasteiger charge is -2.09. The molecule has 0 saturated heterocycles. The van der Waals surface area contributed by atoms with E-state index >= 15 is 0 Å². The zero-order valence-electron chi connectivity index (χ0n) is 9.57. The number of aliphatic hydroxyl groups is 1. The van der Waals surface area contributed by atoms with E-state index in [4.69, 9.17) is 23.2 Å². The van der Waals surface area contributed by atoms with Gasteiger partial charge in [-0.2, -0.15) is 0 Å². The Morgan fingerprint density at radius 3 is 2.39 bits per heavy atom. The first kappa shape index (κ1) is 13.8. The van der Waals surface area contributed by atoms with E-state index in [0.29, 0.717) is 5.02 Å². The molecule has 0 amide bonds. The summed E-state index contributed by atoms with van der Waals surface area (Å²) in [7, 11) is 0. The number of halogens is 2. The van der Waals surface area contributed by atoms with Gasteiger partial charge in [-0.3, -0.25) is 0 Å². The summed E-state index contributed by atoms with van der Waals surface area (Å²) >= 11 is 13.6. The monoisotopic (exact) mass is 298 g/mol. The predicted molar refractivity (Wildman–Crippen MR) is 78.4 cm³/mol. The Kier molecular flexibility index (Phi) is 4.95. The summed E-state index contributed by atoms with van der Waals surface area (Å²) in [6, 6.07) is 13.3. The lowest BCUT2D eigenvalue weighted by molar-refractivity contribution is 0.279. The molecular formula is C14H12Cl2OS. The quantitative estimate of drug-likeness (QED) is 0.820. The molecule has 4 heteroatoms. The van der Waals surface area contributed by atoms with Crippen LogP contribution >= 0.6 is 35.0 Å². The lowest BCUT2D eigenvalue weighted by atomic mass is 10.2. The molecule has 2 aromatic carbocycles. The molecule has 0 fully saturated rings. The van der Waals surface area contributed by atoms with Crippen molar-refractivity contribution in [3.8, 4) is 0 Å². The smallest absolute Gasteiger partial charge is 0.0693 e. The van der Waals surface area contributed by atoms with Gasteiger partial charge in [0.05, 0.1) is 11.6 Å². The summed E-state index contributed by atoms with van der Waals surface area (Å²) in [4.78, 5) is 0.941. The lowest BCUT2D eigenvalue weighted by Crippen LogP contribution is -1.89. The Morgan fingerprint density at radius 1 is 1.00 bits per heavy atom. The van der Waals surface area contributed by atoms with Crippen molar-refractivity contribution in [2.75, 3.05) is 0 Å². The second-order valence-electron chi connectivity index (χ2n) is 3.80. The highest BCUT2D eigenvalue weighted by molar-refractivity contribution is 7.98. The molecule has 18 heavy (non-hydrogen) atoms. The average molecular weight is 299 g/mol. The van der Waals surface area contributed by atoms with E-state index in [0.717, 1.165) is 21.2 Å². The molecule has 0 heterocycles. The second kappa shape index (κ2) is 6.48. The minimum Gasteiger partial charge on any atom is -0.392 e. The van der Waals surface area contributed by atoms with Crippen LogP contribution in [0.1, 0.15) is 11.1 Å². The van der Waals surface area contributed by atoms with Gasteiger partial charge in [0.1, 0.15) is 0 Å². The van der Waals surface area contributed by atoms with Gasteiger partial charge in [-0.25, -0.2) is 0 Å². The summed E-state index contributed by atoms with van der Waals surface area (Å²) in [6.07, 6.45) is 0. The summed E-state index contributed by atoms with van der Waals surface area (Å²) in [5, 5.41) is 10.7. The topological polar surface area (TPSA) is 20.2 Å². The highest BCUT2D eigenvalue weighted by atomic mass is 35.5. The van der Waals surface area contributed by atoms with Crippen molar-refractivity contribution < 1.29 is 5.11 Å². The maximum atomic E-state index is 9.29. The summed E-state index contributed by atoms with van der Waals surface area (Å²) in [5.41, 5.74) is 2.04. The van der Waals surface area contributed by atoms with Gasteiger partial charge >= 0.3 is 0 Å². The van der Waals surface area contributed by atoms with Gasteiger partial charge in [-0.1, -0.05) is 47.5 Å². The van der Waals surface area contributed by atoms with Crippen molar-refractivity contribution in [1.82, 2.24) is 0 Å². The van der Waals surface area contributed by atoms with Gasteiger partial charge in [-0.15, -0.1) is 11.8 Å². The summed E-state index contributed by atoms with van der Waals surface area (Å²) in [5.74, 6) is 0.800. The molecule has 0 saturated carbocycles. The van der Waals surface area contributed by atoms with Crippen molar-refractivity contribution in [1.29, 1.82) is 0 Å². The number of benzene rings is 2. The Bertz CT molecular complexity index is 526. The highest BCUT2D eigenvalue weighted by Gasteiger charge is 2.07. The number of thioether (sulfide) groups is 1. The van der Waals surface area contributed by atoms with Crippen LogP contribution in [0, 0.1) is 0 Å². The molecule has 0 aliphatic carbocycles. The van der Waals surface area contributed by atoms with Crippen LogP contribution in [-0.2, 0) is 12.4 Å². The third kappa shape index (κ3) is 3.42. The van der Waals surface area contributed by atoms with Crippen molar-refractivity contribution in [3.63, 3.8) is 0 Å². The fraction of sp³-hybridized carbons (Fsp3) is 0.143. The van der Waals surface area contributed by atoms with Crippen LogP contribution in [0.3, 0.4) is 0 Å². The second-order valence-corrected chi connectivity index (χ2v) is 5.63.